The highest BCUT2D eigenvalue weighted by Crippen LogP contribution is 2.36. The molecule has 0 heterocycles. The molecule has 0 spiro atoms. The monoisotopic (exact) mass is 370 g/mol. The van der Waals surface area contributed by atoms with Crippen LogP contribution in [0.25, 0.3) is 0 Å². The predicted octanol–water partition coefficient (Wildman–Crippen LogP) is 4.47. The zero-order chi connectivity index (χ0) is 19.6. The Morgan fingerprint density at radius 2 is 1.48 bits per heavy atom. The van der Waals surface area contributed by atoms with E-state index in [-0.39, 0.29) is 11.8 Å². The molecular weight excluding hydrogens is 344 g/mol. The number of methoxy groups -OCH3 is 2. The first-order valence-corrected chi connectivity index (χ1v) is 9.01. The molecule has 27 heavy (non-hydrogen) atoms. The number of benzene rings is 2. The van der Waals surface area contributed by atoms with Gasteiger partial charge in [-0.2, -0.15) is 0 Å². The van der Waals surface area contributed by atoms with Crippen molar-refractivity contribution in [2.24, 2.45) is 0 Å². The van der Waals surface area contributed by atoms with E-state index in [9.17, 15) is 9.59 Å². The van der Waals surface area contributed by atoms with Crippen molar-refractivity contribution in [1.29, 1.82) is 0 Å². The maximum atomic E-state index is 12.4. The van der Waals surface area contributed by atoms with E-state index in [1.807, 2.05) is 6.07 Å². The van der Waals surface area contributed by atoms with Gasteiger partial charge in [0.1, 0.15) is 11.5 Å². The van der Waals surface area contributed by atoms with Crippen LogP contribution >= 0.6 is 0 Å². The topological polar surface area (TPSA) is 76.7 Å². The third kappa shape index (κ3) is 5.74. The molecule has 0 aromatic heterocycles. The van der Waals surface area contributed by atoms with Crippen LogP contribution in [0.3, 0.4) is 0 Å². The summed E-state index contributed by atoms with van der Waals surface area (Å²) in [5, 5.41) is 5.67. The first-order valence-electron chi connectivity index (χ1n) is 9.01. The minimum absolute atomic E-state index is 0.0788. The van der Waals surface area contributed by atoms with Gasteiger partial charge in [0, 0.05) is 24.1 Å². The zero-order valence-corrected chi connectivity index (χ0v) is 16.0. The quantitative estimate of drug-likeness (QED) is 0.638. The Morgan fingerprint density at radius 1 is 0.889 bits per heavy atom. The van der Waals surface area contributed by atoms with Crippen LogP contribution in [0.5, 0.6) is 11.5 Å². The van der Waals surface area contributed by atoms with Gasteiger partial charge in [0.15, 0.2) is 0 Å². The number of hydrogen-bond acceptors (Lipinski definition) is 4. The molecule has 144 valence electrons. The Kier molecular flexibility index (Phi) is 7.67. The van der Waals surface area contributed by atoms with Crippen molar-refractivity contribution < 1.29 is 19.1 Å². The number of nitrogens with one attached hydrogen (secondary N) is 2. The molecule has 0 fully saturated rings. The van der Waals surface area contributed by atoms with E-state index < -0.39 is 0 Å². The highest BCUT2D eigenvalue weighted by atomic mass is 16.5. The summed E-state index contributed by atoms with van der Waals surface area (Å²) in [5.74, 6) is 0.545. The lowest BCUT2D eigenvalue weighted by atomic mass is 10.1. The predicted molar refractivity (Wildman–Crippen MR) is 107 cm³/mol. The smallest absolute Gasteiger partial charge is 0.255 e. The average molecular weight is 370 g/mol. The molecule has 0 aliphatic carbocycles. The van der Waals surface area contributed by atoms with Crippen molar-refractivity contribution in [1.82, 2.24) is 0 Å². The molecule has 6 heteroatoms. The molecule has 2 N–H and O–H groups in total. The molecule has 0 aliphatic rings. The van der Waals surface area contributed by atoms with Crippen LogP contribution in [0, 0.1) is 0 Å². The number of anilines is 2. The second kappa shape index (κ2) is 10.2. The largest absolute Gasteiger partial charge is 0.494 e. The van der Waals surface area contributed by atoms with E-state index in [4.69, 9.17) is 9.47 Å². The lowest BCUT2D eigenvalue weighted by Crippen LogP contribution is -2.14. The molecular formula is C21H26N2O4. The Morgan fingerprint density at radius 3 is 2.04 bits per heavy atom. The Bertz CT molecular complexity index is 775. The summed E-state index contributed by atoms with van der Waals surface area (Å²) >= 11 is 0. The lowest BCUT2D eigenvalue weighted by Gasteiger charge is -2.16. The normalized spacial score (nSPS) is 10.2. The molecule has 0 atom stereocenters. The van der Waals surface area contributed by atoms with E-state index >= 15 is 0 Å². The summed E-state index contributed by atoms with van der Waals surface area (Å²) in [4.78, 5) is 24.5. The van der Waals surface area contributed by atoms with Crippen molar-refractivity contribution in [3.63, 3.8) is 0 Å². The Hall–Kier alpha value is -3.02. The van der Waals surface area contributed by atoms with Gasteiger partial charge in [-0.25, -0.2) is 0 Å². The summed E-state index contributed by atoms with van der Waals surface area (Å²) in [6, 6.07) is 12.2. The van der Waals surface area contributed by atoms with Gasteiger partial charge in [-0.05, 0) is 18.6 Å². The summed E-state index contributed by atoms with van der Waals surface area (Å²) in [5.41, 5.74) is 1.51. The van der Waals surface area contributed by atoms with Gasteiger partial charge in [0.05, 0.1) is 25.6 Å². The molecule has 2 aromatic rings. The number of carbonyl (C=O) groups is 2. The van der Waals surface area contributed by atoms with Gasteiger partial charge in [0.25, 0.3) is 5.91 Å². The van der Waals surface area contributed by atoms with Crippen LogP contribution in [-0.2, 0) is 4.79 Å². The number of unbranched alkanes of at least 4 members (excludes halogenated alkanes) is 2. The van der Waals surface area contributed by atoms with Gasteiger partial charge in [-0.1, -0.05) is 38.0 Å². The minimum atomic E-state index is -0.257. The van der Waals surface area contributed by atoms with Gasteiger partial charge in [-0.3, -0.25) is 9.59 Å². The number of amides is 2. The van der Waals surface area contributed by atoms with Crippen LogP contribution in [0.1, 0.15) is 43.0 Å². The molecule has 2 aromatic carbocycles. The van der Waals surface area contributed by atoms with Crippen molar-refractivity contribution >= 4 is 23.2 Å². The van der Waals surface area contributed by atoms with E-state index in [2.05, 4.69) is 17.6 Å². The maximum absolute atomic E-state index is 12.4. The number of hydrogen-bond donors (Lipinski definition) is 2. The highest BCUT2D eigenvalue weighted by molar-refractivity contribution is 6.05. The van der Waals surface area contributed by atoms with Gasteiger partial charge < -0.3 is 20.1 Å². The second-order valence-electron chi connectivity index (χ2n) is 6.08. The fraction of sp³-hybridized carbons (Fsp3) is 0.333. The molecule has 0 bridgehead atoms. The SMILES string of the molecule is CCCCCC(=O)Nc1cc(OC)c(NC(=O)c2ccccc2)cc1OC. The Labute approximate surface area is 159 Å². The minimum Gasteiger partial charge on any atom is -0.494 e. The fourth-order valence-corrected chi connectivity index (χ4v) is 2.63. The van der Waals surface area contributed by atoms with Crippen LogP contribution in [0.15, 0.2) is 42.5 Å². The highest BCUT2D eigenvalue weighted by Gasteiger charge is 2.16. The second-order valence-corrected chi connectivity index (χ2v) is 6.08. The summed E-state index contributed by atoms with van der Waals surface area (Å²) in [7, 11) is 3.02. The fourth-order valence-electron chi connectivity index (χ4n) is 2.63. The van der Waals surface area contributed by atoms with Crippen molar-refractivity contribution in [2.45, 2.75) is 32.6 Å². The summed E-state index contributed by atoms with van der Waals surface area (Å²) in [6.07, 6.45) is 3.36. The van der Waals surface area contributed by atoms with Crippen molar-refractivity contribution in [2.75, 3.05) is 24.9 Å². The van der Waals surface area contributed by atoms with Gasteiger partial charge >= 0.3 is 0 Å². The number of rotatable bonds is 9. The lowest BCUT2D eigenvalue weighted by molar-refractivity contribution is -0.116. The molecule has 0 unspecified atom stereocenters. The van der Waals surface area contributed by atoms with E-state index in [0.29, 0.717) is 34.9 Å². The van der Waals surface area contributed by atoms with E-state index in [0.717, 1.165) is 19.3 Å². The summed E-state index contributed by atoms with van der Waals surface area (Å²) < 4.78 is 10.8. The molecule has 2 amide bonds. The zero-order valence-electron chi connectivity index (χ0n) is 16.0. The van der Waals surface area contributed by atoms with Crippen LogP contribution < -0.4 is 20.1 Å². The first-order chi connectivity index (χ1) is 13.1. The molecule has 0 saturated heterocycles. The van der Waals surface area contributed by atoms with Crippen LogP contribution in [-0.4, -0.2) is 26.0 Å². The van der Waals surface area contributed by atoms with Crippen molar-refractivity contribution in [3.8, 4) is 11.5 Å². The van der Waals surface area contributed by atoms with Crippen LogP contribution in [0.4, 0.5) is 11.4 Å². The van der Waals surface area contributed by atoms with Crippen molar-refractivity contribution in [3.05, 3.63) is 48.0 Å². The molecule has 2 rings (SSSR count). The third-order valence-electron chi connectivity index (χ3n) is 4.09. The van der Waals surface area contributed by atoms with Crippen LogP contribution in [0.2, 0.25) is 0 Å². The third-order valence-corrected chi connectivity index (χ3v) is 4.09. The number of carbonyl (C=O) groups excluding carboxylic acids is 2. The Balaban J connectivity index is 2.19. The molecule has 0 radical (unpaired) electrons. The van der Waals surface area contributed by atoms with E-state index in [1.165, 1.54) is 14.2 Å². The standard InChI is InChI=1S/C21H26N2O4/c1-4-5-7-12-20(24)22-16-13-19(27-3)17(14-18(16)26-2)23-21(25)15-10-8-6-9-11-15/h6,8-11,13-14H,4-5,7,12H2,1-3H3,(H,22,24)(H,23,25). The molecule has 0 saturated carbocycles. The maximum Gasteiger partial charge on any atom is 0.255 e. The average Bonchev–Trinajstić information content (AvgIpc) is 2.69. The first kappa shape index (κ1) is 20.3. The van der Waals surface area contributed by atoms with Gasteiger partial charge in [-0.15, -0.1) is 0 Å². The molecule has 0 aliphatic heterocycles. The summed E-state index contributed by atoms with van der Waals surface area (Å²) in [6.45, 7) is 2.09. The van der Waals surface area contributed by atoms with E-state index in [1.54, 1.807) is 36.4 Å². The van der Waals surface area contributed by atoms with Gasteiger partial charge in [0.2, 0.25) is 5.91 Å². The molecule has 6 nitrogen and oxygen atoms in total. The number of ether oxygens (including phenoxy) is 2.